The molecule has 0 saturated heterocycles. The van der Waals surface area contributed by atoms with Gasteiger partial charge in [-0.25, -0.2) is 0 Å². The zero-order chi connectivity index (χ0) is 16.0. The highest BCUT2D eigenvalue weighted by Gasteiger charge is 2.33. The molecule has 21 heavy (non-hydrogen) atoms. The molecule has 0 radical (unpaired) electrons. The third-order valence-corrected chi connectivity index (χ3v) is 2.96. The smallest absolute Gasteiger partial charge is 0.406 e. The molecule has 118 valence electrons. The van der Waals surface area contributed by atoms with Gasteiger partial charge in [0.15, 0.2) is 0 Å². The number of anilines is 1. The number of nitrogens with zero attached hydrogens (tertiary/aromatic N) is 1. The van der Waals surface area contributed by atoms with Crippen molar-refractivity contribution in [2.24, 2.45) is 0 Å². The van der Waals surface area contributed by atoms with Crippen LogP contribution in [0.5, 0.6) is 5.75 Å². The van der Waals surface area contributed by atoms with E-state index >= 15 is 0 Å². The van der Waals surface area contributed by atoms with Crippen LogP contribution in [-0.2, 0) is 0 Å². The van der Waals surface area contributed by atoms with Crippen LogP contribution in [0.4, 0.5) is 18.9 Å². The summed E-state index contributed by atoms with van der Waals surface area (Å²) in [5.74, 6) is -0.472. The van der Waals surface area contributed by atoms with E-state index in [1.165, 1.54) is 19.2 Å². The summed E-state index contributed by atoms with van der Waals surface area (Å²) in [6.45, 7) is 0.587. The van der Waals surface area contributed by atoms with Gasteiger partial charge in [-0.05, 0) is 18.6 Å². The van der Waals surface area contributed by atoms with Crippen LogP contribution < -0.4 is 10.5 Å². The fourth-order valence-electron chi connectivity index (χ4n) is 1.90. The van der Waals surface area contributed by atoms with Gasteiger partial charge in [-0.1, -0.05) is 19.4 Å². The standard InChI is InChI=1S/C14H19F3N2O2/c1-3-4-8-19(9-14(15,16)17)13(20)10-6-5-7-11(21-2)12(10)18/h5-7H,3-4,8-9,18H2,1-2H3. The number of hydrogen-bond acceptors (Lipinski definition) is 3. The van der Waals surface area contributed by atoms with E-state index in [1.807, 2.05) is 6.92 Å². The second-order valence-corrected chi connectivity index (χ2v) is 4.62. The Morgan fingerprint density at radius 3 is 2.57 bits per heavy atom. The summed E-state index contributed by atoms with van der Waals surface area (Å²) in [5.41, 5.74) is 5.84. The molecule has 4 nitrogen and oxygen atoms in total. The number of benzene rings is 1. The van der Waals surface area contributed by atoms with Crippen molar-refractivity contribution in [3.63, 3.8) is 0 Å². The number of nitrogen functional groups attached to an aromatic ring is 1. The van der Waals surface area contributed by atoms with Gasteiger partial charge in [0.25, 0.3) is 5.91 Å². The van der Waals surface area contributed by atoms with Crippen LogP contribution in [0.3, 0.4) is 0 Å². The number of alkyl halides is 3. The van der Waals surface area contributed by atoms with Crippen molar-refractivity contribution in [1.82, 2.24) is 4.90 Å². The summed E-state index contributed by atoms with van der Waals surface area (Å²) < 4.78 is 42.8. The van der Waals surface area contributed by atoms with Crippen LogP contribution >= 0.6 is 0 Å². The zero-order valence-electron chi connectivity index (χ0n) is 12.0. The van der Waals surface area contributed by atoms with Crippen molar-refractivity contribution in [3.05, 3.63) is 23.8 Å². The maximum Gasteiger partial charge on any atom is 0.406 e. The number of hydrogen-bond donors (Lipinski definition) is 1. The number of carbonyl (C=O) groups is 1. The minimum Gasteiger partial charge on any atom is -0.495 e. The van der Waals surface area contributed by atoms with Gasteiger partial charge in [0.2, 0.25) is 0 Å². The lowest BCUT2D eigenvalue weighted by Crippen LogP contribution is -2.39. The lowest BCUT2D eigenvalue weighted by Gasteiger charge is -2.24. The maximum atomic E-state index is 12.6. The van der Waals surface area contributed by atoms with Crippen molar-refractivity contribution in [2.45, 2.75) is 25.9 Å². The van der Waals surface area contributed by atoms with Crippen LogP contribution in [0.2, 0.25) is 0 Å². The molecule has 0 heterocycles. The summed E-state index contributed by atoms with van der Waals surface area (Å²) >= 11 is 0. The average molecular weight is 304 g/mol. The summed E-state index contributed by atoms with van der Waals surface area (Å²) in [7, 11) is 1.38. The molecule has 0 saturated carbocycles. The minimum absolute atomic E-state index is 0.0229. The molecular weight excluding hydrogens is 285 g/mol. The van der Waals surface area contributed by atoms with Crippen molar-refractivity contribution in [1.29, 1.82) is 0 Å². The predicted molar refractivity (Wildman–Crippen MR) is 74.3 cm³/mol. The summed E-state index contributed by atoms with van der Waals surface area (Å²) in [4.78, 5) is 13.1. The Kier molecular flexibility index (Phi) is 5.87. The molecule has 1 amide bonds. The third-order valence-electron chi connectivity index (χ3n) is 2.96. The molecule has 0 fully saturated rings. The number of nitrogens with two attached hydrogens (primary N) is 1. The van der Waals surface area contributed by atoms with Crippen LogP contribution in [0.15, 0.2) is 18.2 Å². The first-order chi connectivity index (χ1) is 9.80. The predicted octanol–water partition coefficient (Wildman–Crippen LogP) is 3.08. The molecule has 0 bridgehead atoms. The Bertz CT molecular complexity index is 490. The van der Waals surface area contributed by atoms with Gasteiger partial charge in [-0.2, -0.15) is 13.2 Å². The van der Waals surface area contributed by atoms with E-state index in [1.54, 1.807) is 6.07 Å². The lowest BCUT2D eigenvalue weighted by atomic mass is 10.1. The van der Waals surface area contributed by atoms with Gasteiger partial charge in [0.1, 0.15) is 12.3 Å². The first kappa shape index (κ1) is 17.1. The molecule has 0 spiro atoms. The Balaban J connectivity index is 3.04. The third kappa shape index (κ3) is 4.84. The molecule has 1 aromatic rings. The van der Waals surface area contributed by atoms with E-state index in [9.17, 15) is 18.0 Å². The van der Waals surface area contributed by atoms with Crippen molar-refractivity contribution in [3.8, 4) is 5.75 Å². The summed E-state index contributed by atoms with van der Waals surface area (Å²) in [5, 5.41) is 0. The zero-order valence-corrected chi connectivity index (χ0v) is 12.0. The van der Waals surface area contributed by atoms with Crippen LogP contribution in [0, 0.1) is 0 Å². The quantitative estimate of drug-likeness (QED) is 0.822. The van der Waals surface area contributed by atoms with Crippen LogP contribution in [0.1, 0.15) is 30.1 Å². The highest BCUT2D eigenvalue weighted by atomic mass is 19.4. The first-order valence-corrected chi connectivity index (χ1v) is 6.58. The number of amides is 1. The SMILES string of the molecule is CCCCN(CC(F)(F)F)C(=O)c1cccc(OC)c1N. The van der Waals surface area contributed by atoms with Gasteiger partial charge in [0.05, 0.1) is 18.4 Å². The first-order valence-electron chi connectivity index (χ1n) is 6.58. The number of para-hydroxylation sites is 1. The number of ether oxygens (including phenoxy) is 1. The van der Waals surface area contributed by atoms with Gasteiger partial charge < -0.3 is 15.4 Å². The summed E-state index contributed by atoms with van der Waals surface area (Å²) in [6, 6.07) is 4.47. The van der Waals surface area contributed by atoms with E-state index in [2.05, 4.69) is 0 Å². The summed E-state index contributed by atoms with van der Waals surface area (Å²) in [6.07, 6.45) is -3.27. The molecule has 0 aromatic heterocycles. The van der Waals surface area contributed by atoms with Crippen LogP contribution in [-0.4, -0.2) is 37.2 Å². The minimum atomic E-state index is -4.45. The van der Waals surface area contributed by atoms with Gasteiger partial charge in [0, 0.05) is 6.54 Å². The van der Waals surface area contributed by atoms with E-state index < -0.39 is 18.6 Å². The van der Waals surface area contributed by atoms with E-state index in [4.69, 9.17) is 10.5 Å². The molecule has 0 aliphatic heterocycles. The fraction of sp³-hybridized carbons (Fsp3) is 0.500. The molecule has 7 heteroatoms. The Morgan fingerprint density at radius 1 is 1.38 bits per heavy atom. The number of methoxy groups -OCH3 is 1. The molecular formula is C14H19F3N2O2. The number of rotatable bonds is 6. The second kappa shape index (κ2) is 7.19. The topological polar surface area (TPSA) is 55.6 Å². The number of halogens is 3. The van der Waals surface area contributed by atoms with Gasteiger partial charge in [-0.3, -0.25) is 4.79 Å². The molecule has 0 atom stereocenters. The van der Waals surface area contributed by atoms with Gasteiger partial charge in [-0.15, -0.1) is 0 Å². The second-order valence-electron chi connectivity index (χ2n) is 4.62. The lowest BCUT2D eigenvalue weighted by molar-refractivity contribution is -0.140. The Labute approximate surface area is 121 Å². The maximum absolute atomic E-state index is 12.6. The monoisotopic (exact) mass is 304 g/mol. The molecule has 0 aliphatic carbocycles. The molecule has 1 rings (SSSR count). The van der Waals surface area contributed by atoms with Crippen molar-refractivity contribution >= 4 is 11.6 Å². The largest absolute Gasteiger partial charge is 0.495 e. The average Bonchev–Trinajstić information content (AvgIpc) is 2.41. The molecule has 0 unspecified atom stereocenters. The van der Waals surface area contributed by atoms with Crippen molar-refractivity contribution in [2.75, 3.05) is 25.9 Å². The Morgan fingerprint density at radius 2 is 2.05 bits per heavy atom. The van der Waals surface area contributed by atoms with E-state index in [-0.39, 0.29) is 23.5 Å². The highest BCUT2D eigenvalue weighted by Crippen LogP contribution is 2.27. The number of unbranched alkanes of at least 4 members (excludes halogenated alkanes) is 1. The van der Waals surface area contributed by atoms with E-state index in [0.29, 0.717) is 12.8 Å². The normalized spacial score (nSPS) is 11.3. The molecule has 1 aromatic carbocycles. The molecule has 2 N–H and O–H groups in total. The fourth-order valence-corrected chi connectivity index (χ4v) is 1.90. The molecule has 0 aliphatic rings. The van der Waals surface area contributed by atoms with Crippen molar-refractivity contribution < 1.29 is 22.7 Å². The highest BCUT2D eigenvalue weighted by molar-refractivity contribution is 6.00. The van der Waals surface area contributed by atoms with Gasteiger partial charge >= 0.3 is 6.18 Å². The Hall–Kier alpha value is -1.92. The number of carbonyl (C=O) groups excluding carboxylic acids is 1. The van der Waals surface area contributed by atoms with Crippen LogP contribution in [0.25, 0.3) is 0 Å². The van der Waals surface area contributed by atoms with E-state index in [0.717, 1.165) is 4.90 Å².